The van der Waals surface area contributed by atoms with Crippen LogP contribution in [0.25, 0.3) is 11.4 Å². The van der Waals surface area contributed by atoms with Gasteiger partial charge in [-0.1, -0.05) is 47.6 Å². The minimum atomic E-state index is -0.453. The summed E-state index contributed by atoms with van der Waals surface area (Å²) in [5.74, 6) is 0.402. The Hall–Kier alpha value is -2.57. The summed E-state index contributed by atoms with van der Waals surface area (Å²) in [5, 5.41) is 17.0. The topological polar surface area (TPSA) is 71.2 Å². The van der Waals surface area contributed by atoms with E-state index in [-0.39, 0.29) is 5.82 Å². The lowest BCUT2D eigenvalue weighted by atomic mass is 10.1. The van der Waals surface area contributed by atoms with Gasteiger partial charge in [0.2, 0.25) is 11.7 Å². The molecule has 2 aromatic carbocycles. The van der Waals surface area contributed by atoms with Crippen molar-refractivity contribution in [3.05, 3.63) is 71.9 Å². The van der Waals surface area contributed by atoms with Crippen molar-refractivity contribution < 1.29 is 14.0 Å². The highest BCUT2D eigenvalue weighted by molar-refractivity contribution is 5.53. The van der Waals surface area contributed by atoms with Crippen LogP contribution < -0.4 is 5.32 Å². The molecule has 1 unspecified atom stereocenters. The van der Waals surface area contributed by atoms with Crippen LogP contribution in [0.2, 0.25) is 0 Å². The molecular formula is C19H20FN3O2. The molecule has 0 saturated carbocycles. The second-order valence-corrected chi connectivity index (χ2v) is 5.83. The molecule has 0 aliphatic rings. The molecule has 0 fully saturated rings. The van der Waals surface area contributed by atoms with E-state index in [1.807, 2.05) is 30.3 Å². The number of hydrogen-bond acceptors (Lipinski definition) is 5. The van der Waals surface area contributed by atoms with Gasteiger partial charge >= 0.3 is 0 Å². The van der Waals surface area contributed by atoms with E-state index in [9.17, 15) is 9.50 Å². The minimum absolute atomic E-state index is 0.344. The van der Waals surface area contributed by atoms with Crippen molar-refractivity contribution in [2.24, 2.45) is 0 Å². The summed E-state index contributed by atoms with van der Waals surface area (Å²) in [6.45, 7) is 0.787. The van der Waals surface area contributed by atoms with E-state index in [1.54, 1.807) is 12.1 Å². The first kappa shape index (κ1) is 17.3. The fraction of sp³-hybridized carbons (Fsp3) is 0.263. The van der Waals surface area contributed by atoms with Crippen molar-refractivity contribution in [1.29, 1.82) is 0 Å². The quantitative estimate of drug-likeness (QED) is 0.659. The van der Waals surface area contributed by atoms with Gasteiger partial charge in [0, 0.05) is 12.1 Å². The number of halogens is 1. The van der Waals surface area contributed by atoms with Crippen molar-refractivity contribution in [2.45, 2.75) is 25.5 Å². The van der Waals surface area contributed by atoms with E-state index in [1.165, 1.54) is 17.7 Å². The van der Waals surface area contributed by atoms with Crippen molar-refractivity contribution in [1.82, 2.24) is 15.5 Å². The predicted octanol–water partition coefficient (Wildman–Crippen LogP) is 2.96. The van der Waals surface area contributed by atoms with Crippen LogP contribution in [0.3, 0.4) is 0 Å². The van der Waals surface area contributed by atoms with Gasteiger partial charge in [-0.15, -0.1) is 0 Å². The summed E-state index contributed by atoms with van der Waals surface area (Å²) in [6, 6.07) is 16.1. The lowest BCUT2D eigenvalue weighted by Gasteiger charge is -2.10. The summed E-state index contributed by atoms with van der Waals surface area (Å²) < 4.78 is 18.4. The van der Waals surface area contributed by atoms with E-state index >= 15 is 0 Å². The van der Waals surface area contributed by atoms with Crippen molar-refractivity contribution >= 4 is 0 Å². The Morgan fingerprint density at radius 2 is 1.96 bits per heavy atom. The molecule has 0 saturated heterocycles. The fourth-order valence-corrected chi connectivity index (χ4v) is 2.50. The molecular weight excluding hydrogens is 321 g/mol. The van der Waals surface area contributed by atoms with E-state index in [4.69, 9.17) is 4.52 Å². The third-order valence-corrected chi connectivity index (χ3v) is 3.82. The SMILES string of the molecule is OC(CCc1ccccc1)CNCc1nc(-c2cccc(F)c2)no1. The van der Waals surface area contributed by atoms with Gasteiger partial charge in [0.1, 0.15) is 5.82 Å². The summed E-state index contributed by atoms with van der Waals surface area (Å²) >= 11 is 0. The highest BCUT2D eigenvalue weighted by Gasteiger charge is 2.10. The number of aliphatic hydroxyl groups is 1. The molecule has 1 heterocycles. The molecule has 2 N–H and O–H groups in total. The Morgan fingerprint density at radius 1 is 1.12 bits per heavy atom. The molecule has 130 valence electrons. The number of aromatic nitrogens is 2. The molecule has 6 heteroatoms. The Labute approximate surface area is 145 Å². The smallest absolute Gasteiger partial charge is 0.240 e. The van der Waals surface area contributed by atoms with Gasteiger partial charge in [-0.25, -0.2) is 4.39 Å². The fourth-order valence-electron chi connectivity index (χ4n) is 2.50. The van der Waals surface area contributed by atoms with Crippen molar-refractivity contribution in [3.63, 3.8) is 0 Å². The Balaban J connectivity index is 1.43. The van der Waals surface area contributed by atoms with Crippen molar-refractivity contribution in [3.8, 4) is 11.4 Å². The molecule has 0 aliphatic carbocycles. The molecule has 0 spiro atoms. The van der Waals surface area contributed by atoms with Gasteiger partial charge in [-0.2, -0.15) is 4.98 Å². The molecule has 3 aromatic rings. The monoisotopic (exact) mass is 341 g/mol. The largest absolute Gasteiger partial charge is 0.392 e. The summed E-state index contributed by atoms with van der Waals surface area (Å²) in [4.78, 5) is 4.22. The Kier molecular flexibility index (Phi) is 5.87. The number of nitrogens with one attached hydrogen (secondary N) is 1. The molecule has 0 aliphatic heterocycles. The minimum Gasteiger partial charge on any atom is -0.392 e. The number of aliphatic hydroxyl groups excluding tert-OH is 1. The standard InChI is InChI=1S/C19H20FN3O2/c20-16-8-4-7-15(11-16)19-22-18(25-23-19)13-21-12-17(24)10-9-14-5-2-1-3-6-14/h1-8,11,17,21,24H,9-10,12-13H2. The first-order valence-electron chi connectivity index (χ1n) is 8.22. The van der Waals surface area contributed by atoms with Gasteiger partial charge in [-0.05, 0) is 30.5 Å². The zero-order valence-corrected chi connectivity index (χ0v) is 13.7. The van der Waals surface area contributed by atoms with Crippen LogP contribution in [0.15, 0.2) is 59.1 Å². The maximum Gasteiger partial charge on any atom is 0.240 e. The molecule has 0 amide bonds. The molecule has 1 atom stereocenters. The van der Waals surface area contributed by atoms with Crippen LogP contribution in [-0.4, -0.2) is 27.9 Å². The van der Waals surface area contributed by atoms with Crippen LogP contribution in [0, 0.1) is 5.82 Å². The number of rotatable bonds is 8. The third kappa shape index (κ3) is 5.20. The van der Waals surface area contributed by atoms with Crippen LogP contribution in [0.5, 0.6) is 0 Å². The highest BCUT2D eigenvalue weighted by atomic mass is 19.1. The van der Waals surface area contributed by atoms with Crippen LogP contribution >= 0.6 is 0 Å². The summed E-state index contributed by atoms with van der Waals surface area (Å²) in [5.41, 5.74) is 1.77. The van der Waals surface area contributed by atoms with E-state index < -0.39 is 6.10 Å². The van der Waals surface area contributed by atoms with Gasteiger partial charge < -0.3 is 14.9 Å². The second kappa shape index (κ2) is 8.50. The normalized spacial score (nSPS) is 12.2. The summed E-state index contributed by atoms with van der Waals surface area (Å²) in [6.07, 6.45) is 1.05. The molecule has 5 nitrogen and oxygen atoms in total. The van der Waals surface area contributed by atoms with Gasteiger partial charge in [0.25, 0.3) is 0 Å². The maximum atomic E-state index is 13.2. The zero-order valence-electron chi connectivity index (χ0n) is 13.7. The molecule has 3 rings (SSSR count). The highest BCUT2D eigenvalue weighted by Crippen LogP contribution is 2.16. The molecule has 25 heavy (non-hydrogen) atoms. The molecule has 0 bridgehead atoms. The number of hydrogen-bond donors (Lipinski definition) is 2. The predicted molar refractivity (Wildman–Crippen MR) is 92.2 cm³/mol. The molecule has 1 aromatic heterocycles. The number of nitrogens with zero attached hydrogens (tertiary/aromatic N) is 2. The Morgan fingerprint density at radius 3 is 2.76 bits per heavy atom. The first-order valence-corrected chi connectivity index (χ1v) is 8.22. The average molecular weight is 341 g/mol. The average Bonchev–Trinajstić information content (AvgIpc) is 3.10. The maximum absolute atomic E-state index is 13.2. The molecule has 0 radical (unpaired) electrons. The van der Waals surface area contributed by atoms with Crippen LogP contribution in [0.1, 0.15) is 17.9 Å². The summed E-state index contributed by atoms with van der Waals surface area (Å²) in [7, 11) is 0. The van der Waals surface area contributed by atoms with Crippen LogP contribution in [-0.2, 0) is 13.0 Å². The van der Waals surface area contributed by atoms with Gasteiger partial charge in [-0.3, -0.25) is 0 Å². The van der Waals surface area contributed by atoms with Gasteiger partial charge in [0.05, 0.1) is 12.6 Å². The third-order valence-electron chi connectivity index (χ3n) is 3.82. The lowest BCUT2D eigenvalue weighted by molar-refractivity contribution is 0.160. The number of aryl methyl sites for hydroxylation is 1. The second-order valence-electron chi connectivity index (χ2n) is 5.83. The lowest BCUT2D eigenvalue weighted by Crippen LogP contribution is -2.26. The zero-order chi connectivity index (χ0) is 17.5. The van der Waals surface area contributed by atoms with E-state index in [2.05, 4.69) is 15.5 Å². The number of benzene rings is 2. The Bertz CT molecular complexity index is 792. The van der Waals surface area contributed by atoms with Crippen molar-refractivity contribution in [2.75, 3.05) is 6.54 Å². The first-order chi connectivity index (χ1) is 12.2. The van der Waals surface area contributed by atoms with Crippen LogP contribution in [0.4, 0.5) is 4.39 Å². The van der Waals surface area contributed by atoms with E-state index in [0.29, 0.717) is 36.8 Å². The van der Waals surface area contributed by atoms with Gasteiger partial charge in [0.15, 0.2) is 0 Å². The van der Waals surface area contributed by atoms with E-state index in [0.717, 1.165) is 6.42 Å².